The van der Waals surface area contributed by atoms with E-state index in [2.05, 4.69) is 0 Å². The van der Waals surface area contributed by atoms with Gasteiger partial charge in [0.05, 0.1) is 0 Å². The third kappa shape index (κ3) is 3.73. The molecule has 1 aliphatic rings. The molecule has 1 fully saturated rings. The lowest BCUT2D eigenvalue weighted by atomic mass is 9.95. The molecule has 0 aromatic rings. The van der Waals surface area contributed by atoms with Gasteiger partial charge in [0.25, 0.3) is 0 Å². The summed E-state index contributed by atoms with van der Waals surface area (Å²) in [6.45, 7) is 3.13. The van der Waals surface area contributed by atoms with E-state index in [4.69, 9.17) is 5.11 Å². The molecule has 1 aliphatic heterocycles. The van der Waals surface area contributed by atoms with E-state index in [0.717, 1.165) is 19.4 Å². The summed E-state index contributed by atoms with van der Waals surface area (Å²) in [4.78, 5) is 23.8. The maximum atomic E-state index is 11.5. The van der Waals surface area contributed by atoms with Crippen molar-refractivity contribution in [3.8, 4) is 0 Å². The zero-order chi connectivity index (χ0) is 11.3. The lowest BCUT2D eigenvalue weighted by molar-refractivity contribution is -0.139. The van der Waals surface area contributed by atoms with Crippen LogP contribution in [0.4, 0.5) is 0 Å². The summed E-state index contributed by atoms with van der Waals surface area (Å²) in [5.41, 5.74) is 0. The van der Waals surface area contributed by atoms with Crippen molar-refractivity contribution in [2.24, 2.45) is 5.92 Å². The smallest absolute Gasteiger partial charge is 0.303 e. The van der Waals surface area contributed by atoms with Crippen molar-refractivity contribution in [1.82, 2.24) is 4.90 Å². The van der Waals surface area contributed by atoms with E-state index < -0.39 is 5.97 Å². The first-order chi connectivity index (χ1) is 7.13. The van der Waals surface area contributed by atoms with E-state index in [1.165, 1.54) is 6.08 Å². The number of likely N-dealkylation sites (tertiary alicyclic amines) is 1. The van der Waals surface area contributed by atoms with Gasteiger partial charge in [0.2, 0.25) is 5.91 Å². The van der Waals surface area contributed by atoms with Gasteiger partial charge >= 0.3 is 5.97 Å². The molecule has 0 bridgehead atoms. The minimum Gasteiger partial charge on any atom is -0.481 e. The molecule has 0 radical (unpaired) electrons. The number of nitrogens with zero attached hydrogens (tertiary/aromatic N) is 1. The first-order valence-corrected chi connectivity index (χ1v) is 5.27. The third-order valence-electron chi connectivity index (χ3n) is 2.60. The summed E-state index contributed by atoms with van der Waals surface area (Å²) in [6.07, 6.45) is 5.22. The van der Waals surface area contributed by atoms with Crippen LogP contribution in [-0.2, 0) is 9.59 Å². The summed E-state index contributed by atoms with van der Waals surface area (Å²) in [5, 5.41) is 8.68. The molecular formula is C11H17NO3. The molecule has 4 nitrogen and oxygen atoms in total. The number of carbonyl (C=O) groups is 2. The second-order valence-electron chi connectivity index (χ2n) is 3.89. The van der Waals surface area contributed by atoms with Crippen LogP contribution in [0.25, 0.3) is 0 Å². The van der Waals surface area contributed by atoms with Crippen LogP contribution in [0.1, 0.15) is 26.2 Å². The molecule has 1 atom stereocenters. The molecule has 0 aliphatic carbocycles. The highest BCUT2D eigenvalue weighted by molar-refractivity contribution is 5.87. The van der Waals surface area contributed by atoms with E-state index >= 15 is 0 Å². The number of carbonyl (C=O) groups excluding carboxylic acids is 1. The van der Waals surface area contributed by atoms with E-state index in [1.54, 1.807) is 17.9 Å². The number of carboxylic acids is 1. The molecule has 1 amide bonds. The van der Waals surface area contributed by atoms with Crippen LogP contribution < -0.4 is 0 Å². The van der Waals surface area contributed by atoms with Gasteiger partial charge in [-0.1, -0.05) is 6.08 Å². The number of hydrogen-bond acceptors (Lipinski definition) is 2. The average molecular weight is 211 g/mol. The average Bonchev–Trinajstić information content (AvgIpc) is 2.17. The predicted octanol–water partition coefficient (Wildman–Crippen LogP) is 1.28. The van der Waals surface area contributed by atoms with Gasteiger partial charge in [-0.15, -0.1) is 0 Å². The maximum Gasteiger partial charge on any atom is 0.303 e. The molecule has 1 saturated heterocycles. The SMILES string of the molecule is CC=CC(=O)N1CCCC(CC(=O)O)C1. The van der Waals surface area contributed by atoms with Crippen molar-refractivity contribution in [2.75, 3.05) is 13.1 Å². The van der Waals surface area contributed by atoms with Gasteiger partial charge in [-0.25, -0.2) is 0 Å². The van der Waals surface area contributed by atoms with Gasteiger partial charge in [-0.3, -0.25) is 9.59 Å². The number of piperidine rings is 1. The van der Waals surface area contributed by atoms with Crippen LogP contribution in [0.3, 0.4) is 0 Å². The quantitative estimate of drug-likeness (QED) is 0.715. The van der Waals surface area contributed by atoms with E-state index in [1.807, 2.05) is 0 Å². The summed E-state index contributed by atoms with van der Waals surface area (Å²) in [6, 6.07) is 0. The van der Waals surface area contributed by atoms with Gasteiger partial charge in [-0.2, -0.15) is 0 Å². The highest BCUT2D eigenvalue weighted by Gasteiger charge is 2.23. The second-order valence-corrected chi connectivity index (χ2v) is 3.89. The second kappa shape index (κ2) is 5.53. The van der Waals surface area contributed by atoms with Crippen molar-refractivity contribution in [3.63, 3.8) is 0 Å². The van der Waals surface area contributed by atoms with Crippen molar-refractivity contribution >= 4 is 11.9 Å². The van der Waals surface area contributed by atoms with Gasteiger partial charge in [0, 0.05) is 19.5 Å². The summed E-state index contributed by atoms with van der Waals surface area (Å²) in [7, 11) is 0. The number of allylic oxidation sites excluding steroid dienone is 1. The Morgan fingerprint density at radius 2 is 2.27 bits per heavy atom. The molecule has 0 saturated carbocycles. The van der Waals surface area contributed by atoms with Gasteiger partial charge < -0.3 is 10.0 Å². The Morgan fingerprint density at radius 3 is 2.87 bits per heavy atom. The molecule has 15 heavy (non-hydrogen) atoms. The van der Waals surface area contributed by atoms with Gasteiger partial charge in [0.1, 0.15) is 0 Å². The number of amides is 1. The molecule has 0 aromatic heterocycles. The Bertz CT molecular complexity index is 273. The molecule has 0 spiro atoms. The van der Waals surface area contributed by atoms with E-state index in [0.29, 0.717) is 6.54 Å². The minimum atomic E-state index is -0.777. The molecule has 1 unspecified atom stereocenters. The van der Waals surface area contributed by atoms with E-state index in [-0.39, 0.29) is 18.2 Å². The Hall–Kier alpha value is -1.32. The molecule has 84 valence electrons. The zero-order valence-corrected chi connectivity index (χ0v) is 8.98. The fraction of sp³-hybridized carbons (Fsp3) is 0.636. The molecule has 1 heterocycles. The van der Waals surface area contributed by atoms with E-state index in [9.17, 15) is 9.59 Å². The summed E-state index contributed by atoms with van der Waals surface area (Å²) in [5.74, 6) is -0.668. The Kier molecular flexibility index (Phi) is 4.34. The van der Waals surface area contributed by atoms with Crippen LogP contribution in [-0.4, -0.2) is 35.0 Å². The summed E-state index contributed by atoms with van der Waals surface area (Å²) >= 11 is 0. The standard InChI is InChI=1S/C11H17NO3/c1-2-4-10(13)12-6-3-5-9(8-12)7-11(14)15/h2,4,9H,3,5-8H2,1H3,(H,14,15). The fourth-order valence-electron chi connectivity index (χ4n) is 1.93. The van der Waals surface area contributed by atoms with Crippen molar-refractivity contribution in [2.45, 2.75) is 26.2 Å². The third-order valence-corrected chi connectivity index (χ3v) is 2.60. The van der Waals surface area contributed by atoms with Crippen molar-refractivity contribution in [3.05, 3.63) is 12.2 Å². The highest BCUT2D eigenvalue weighted by atomic mass is 16.4. The molecule has 1 N–H and O–H groups in total. The summed E-state index contributed by atoms with van der Waals surface area (Å²) < 4.78 is 0. The normalized spacial score (nSPS) is 21.9. The lowest BCUT2D eigenvalue weighted by Crippen LogP contribution is -2.39. The van der Waals surface area contributed by atoms with Gasteiger partial charge in [-0.05, 0) is 31.8 Å². The van der Waals surface area contributed by atoms with Crippen LogP contribution in [0, 0.1) is 5.92 Å². The number of rotatable bonds is 3. The topological polar surface area (TPSA) is 57.6 Å². The fourth-order valence-corrected chi connectivity index (χ4v) is 1.93. The maximum absolute atomic E-state index is 11.5. The first-order valence-electron chi connectivity index (χ1n) is 5.27. The lowest BCUT2D eigenvalue weighted by Gasteiger charge is -2.31. The number of hydrogen-bond donors (Lipinski definition) is 1. The monoisotopic (exact) mass is 211 g/mol. The number of aliphatic carboxylic acids is 1. The molecule has 4 heteroatoms. The van der Waals surface area contributed by atoms with Gasteiger partial charge in [0.15, 0.2) is 0 Å². The molecular weight excluding hydrogens is 194 g/mol. The molecule has 0 aromatic carbocycles. The molecule has 1 rings (SSSR count). The minimum absolute atomic E-state index is 0.00686. The largest absolute Gasteiger partial charge is 0.481 e. The number of carboxylic acid groups (broad SMARTS) is 1. The zero-order valence-electron chi connectivity index (χ0n) is 8.98. The van der Waals surface area contributed by atoms with Crippen LogP contribution in [0.15, 0.2) is 12.2 Å². The predicted molar refractivity (Wildman–Crippen MR) is 56.4 cm³/mol. The Balaban J connectivity index is 2.48. The Morgan fingerprint density at radius 1 is 1.53 bits per heavy atom. The van der Waals surface area contributed by atoms with Crippen LogP contribution in [0.5, 0.6) is 0 Å². The van der Waals surface area contributed by atoms with Crippen molar-refractivity contribution < 1.29 is 14.7 Å². The van der Waals surface area contributed by atoms with Crippen LogP contribution >= 0.6 is 0 Å². The Labute approximate surface area is 89.6 Å². The first kappa shape index (κ1) is 11.8. The van der Waals surface area contributed by atoms with Crippen LogP contribution in [0.2, 0.25) is 0 Å². The highest BCUT2D eigenvalue weighted by Crippen LogP contribution is 2.19. The van der Waals surface area contributed by atoms with Crippen molar-refractivity contribution in [1.29, 1.82) is 0 Å².